The van der Waals surface area contributed by atoms with Crippen molar-refractivity contribution in [2.45, 2.75) is 39.8 Å². The van der Waals surface area contributed by atoms with Crippen molar-refractivity contribution in [3.05, 3.63) is 99.6 Å². The highest BCUT2D eigenvalue weighted by Crippen LogP contribution is 2.45. The van der Waals surface area contributed by atoms with Crippen LogP contribution in [0.3, 0.4) is 0 Å². The van der Waals surface area contributed by atoms with E-state index in [9.17, 15) is 4.79 Å². The number of halogens is 2. The Kier molecular flexibility index (Phi) is 8.27. The molecule has 2 aromatic carbocycles. The Labute approximate surface area is 255 Å². The predicted molar refractivity (Wildman–Crippen MR) is 170 cm³/mol. The van der Waals surface area contributed by atoms with Gasteiger partial charge in [0.05, 0.1) is 41.3 Å². The molecule has 1 aliphatic rings. The molecule has 5 rings (SSSR count). The van der Waals surface area contributed by atoms with Crippen molar-refractivity contribution in [2.75, 3.05) is 17.3 Å². The number of anilines is 2. The highest BCUT2D eigenvalue weighted by atomic mass is 35.5. The van der Waals surface area contributed by atoms with Crippen molar-refractivity contribution in [3.63, 3.8) is 0 Å². The minimum absolute atomic E-state index is 0.102. The number of hydrogen-bond acceptors (Lipinski definition) is 4. The molecule has 2 N–H and O–H groups in total. The molecule has 2 aromatic heterocycles. The first-order chi connectivity index (χ1) is 19.6. The van der Waals surface area contributed by atoms with Gasteiger partial charge < -0.3 is 24.8 Å². The molecule has 1 aliphatic heterocycles. The number of nitrogens with one attached hydrogen (secondary N) is 2. The Morgan fingerprint density at radius 2 is 1.88 bits per heavy atom. The number of thiocarbonyl (C=S) groups is 1. The largest absolute Gasteiger partial charge is 0.495 e. The molecule has 10 heteroatoms. The van der Waals surface area contributed by atoms with Crippen LogP contribution in [-0.4, -0.2) is 27.7 Å². The van der Waals surface area contributed by atoms with Crippen LogP contribution < -0.4 is 20.3 Å². The fraction of sp³-hybridized carbons (Fsp3) is 0.258. The average molecular weight is 609 g/mol. The van der Waals surface area contributed by atoms with Crippen LogP contribution in [0.4, 0.5) is 11.4 Å². The van der Waals surface area contributed by atoms with Crippen LogP contribution >= 0.6 is 35.4 Å². The second-order valence-corrected chi connectivity index (χ2v) is 11.5. The standard InChI is InChI=1S/C31H31Cl2N5O2S/c1-17(2)30(39)35-24-11-10-21(16-23(24)33)38-29(28(36-31(38)41)25-8-6-7-13-34-25)22-14-18(3)37(19(22)4)26-15-20(32)9-12-27(26)40-5/h6-17,28-29H,1-5H3,(H,35,39)(H,36,41)/t28-,29-/m0/s1. The molecule has 0 unspecified atom stereocenters. The Morgan fingerprint density at radius 1 is 1.10 bits per heavy atom. The fourth-order valence-electron chi connectivity index (χ4n) is 5.28. The van der Waals surface area contributed by atoms with Gasteiger partial charge in [-0.15, -0.1) is 0 Å². The third-order valence-corrected chi connectivity index (χ3v) is 8.14. The van der Waals surface area contributed by atoms with Gasteiger partial charge in [0.15, 0.2) is 5.11 Å². The van der Waals surface area contributed by atoms with Crippen LogP contribution in [0.1, 0.15) is 48.6 Å². The molecule has 7 nitrogen and oxygen atoms in total. The van der Waals surface area contributed by atoms with E-state index in [4.69, 9.17) is 40.2 Å². The van der Waals surface area contributed by atoms with Gasteiger partial charge in [-0.25, -0.2) is 0 Å². The van der Waals surface area contributed by atoms with Gasteiger partial charge in [0.1, 0.15) is 5.75 Å². The summed E-state index contributed by atoms with van der Waals surface area (Å²) >= 11 is 19.0. The molecule has 4 aromatic rings. The number of nitrogens with zero attached hydrogens (tertiary/aromatic N) is 3. The van der Waals surface area contributed by atoms with E-state index >= 15 is 0 Å². The minimum atomic E-state index is -0.255. The summed E-state index contributed by atoms with van der Waals surface area (Å²) in [6, 6.07) is 18.7. The number of carbonyl (C=O) groups excluding carboxylic acids is 1. The predicted octanol–water partition coefficient (Wildman–Crippen LogP) is 7.58. The maximum atomic E-state index is 12.3. The molecule has 0 aliphatic carbocycles. The second-order valence-electron chi connectivity index (χ2n) is 10.3. The van der Waals surface area contributed by atoms with Crippen LogP contribution in [0.25, 0.3) is 5.69 Å². The molecule has 3 heterocycles. The van der Waals surface area contributed by atoms with E-state index in [0.29, 0.717) is 26.6 Å². The number of rotatable bonds is 7. The Morgan fingerprint density at radius 3 is 2.54 bits per heavy atom. The Balaban J connectivity index is 1.64. The second kappa shape index (κ2) is 11.7. The van der Waals surface area contributed by atoms with E-state index in [2.05, 4.69) is 45.0 Å². The van der Waals surface area contributed by atoms with E-state index in [-0.39, 0.29) is 23.9 Å². The van der Waals surface area contributed by atoms with Crippen molar-refractivity contribution in [1.29, 1.82) is 0 Å². The van der Waals surface area contributed by atoms with Crippen molar-refractivity contribution < 1.29 is 9.53 Å². The number of carbonyl (C=O) groups is 1. The van der Waals surface area contributed by atoms with Gasteiger partial charge in [-0.3, -0.25) is 9.78 Å². The van der Waals surface area contributed by atoms with Crippen LogP contribution in [0.15, 0.2) is 66.9 Å². The Bertz CT molecular complexity index is 1620. The minimum Gasteiger partial charge on any atom is -0.495 e. The summed E-state index contributed by atoms with van der Waals surface area (Å²) in [6.07, 6.45) is 1.78. The molecule has 0 spiro atoms. The number of benzene rings is 2. The summed E-state index contributed by atoms with van der Waals surface area (Å²) in [5, 5.41) is 7.99. The number of amides is 1. The molecule has 0 saturated carbocycles. The van der Waals surface area contributed by atoms with Crippen molar-refractivity contribution in [3.8, 4) is 11.4 Å². The molecule has 1 fully saturated rings. The van der Waals surface area contributed by atoms with E-state index in [1.165, 1.54) is 0 Å². The molecule has 0 radical (unpaired) electrons. The number of aromatic nitrogens is 2. The van der Waals surface area contributed by atoms with E-state index in [1.54, 1.807) is 13.3 Å². The van der Waals surface area contributed by atoms with Gasteiger partial charge >= 0.3 is 0 Å². The molecule has 41 heavy (non-hydrogen) atoms. The lowest BCUT2D eigenvalue weighted by Crippen LogP contribution is -2.29. The molecule has 0 bridgehead atoms. The SMILES string of the molecule is COc1ccc(Cl)cc1-n1c(C)cc([C@H]2[C@H](c3ccccn3)NC(=S)N2c2ccc(NC(=O)C(C)C)c(Cl)c2)c1C. The lowest BCUT2D eigenvalue weighted by atomic mass is 9.96. The Hall–Kier alpha value is -3.59. The summed E-state index contributed by atoms with van der Waals surface area (Å²) in [4.78, 5) is 19.0. The van der Waals surface area contributed by atoms with Crippen LogP contribution in [0.5, 0.6) is 5.75 Å². The number of methoxy groups -OCH3 is 1. The monoisotopic (exact) mass is 607 g/mol. The molecular formula is C31H31Cl2N5O2S. The molecule has 212 valence electrons. The van der Waals surface area contributed by atoms with Crippen molar-refractivity contribution in [1.82, 2.24) is 14.9 Å². The zero-order chi connectivity index (χ0) is 29.4. The molecular weight excluding hydrogens is 577 g/mol. The van der Waals surface area contributed by atoms with Gasteiger partial charge in [-0.1, -0.05) is 43.1 Å². The van der Waals surface area contributed by atoms with E-state index < -0.39 is 0 Å². The first-order valence-electron chi connectivity index (χ1n) is 13.2. The zero-order valence-corrected chi connectivity index (χ0v) is 25.7. The normalized spacial score (nSPS) is 16.7. The lowest BCUT2D eigenvalue weighted by molar-refractivity contribution is -0.118. The third-order valence-electron chi connectivity index (χ3n) is 7.28. The topological polar surface area (TPSA) is 71.4 Å². The first kappa shape index (κ1) is 28.9. The number of hydrogen-bond donors (Lipinski definition) is 2. The van der Waals surface area contributed by atoms with Gasteiger partial charge in [0.25, 0.3) is 0 Å². The van der Waals surface area contributed by atoms with Gasteiger partial charge in [-0.05, 0) is 86.2 Å². The smallest absolute Gasteiger partial charge is 0.226 e. The third kappa shape index (κ3) is 5.52. The maximum Gasteiger partial charge on any atom is 0.226 e. The van der Waals surface area contributed by atoms with E-state index in [0.717, 1.165) is 34.0 Å². The molecule has 1 amide bonds. The summed E-state index contributed by atoms with van der Waals surface area (Å²) in [5.41, 5.74) is 6.14. The van der Waals surface area contributed by atoms with Gasteiger partial charge in [0.2, 0.25) is 5.91 Å². The van der Waals surface area contributed by atoms with Gasteiger partial charge in [0, 0.05) is 34.2 Å². The number of pyridine rings is 1. The van der Waals surface area contributed by atoms with Crippen LogP contribution in [-0.2, 0) is 4.79 Å². The highest BCUT2D eigenvalue weighted by molar-refractivity contribution is 7.80. The molecule has 1 saturated heterocycles. The van der Waals surface area contributed by atoms with Crippen molar-refractivity contribution >= 4 is 57.8 Å². The molecule has 2 atom stereocenters. The van der Waals surface area contributed by atoms with E-state index in [1.807, 2.05) is 68.4 Å². The van der Waals surface area contributed by atoms with Crippen LogP contribution in [0, 0.1) is 19.8 Å². The van der Waals surface area contributed by atoms with Crippen LogP contribution in [0.2, 0.25) is 10.0 Å². The van der Waals surface area contributed by atoms with Crippen molar-refractivity contribution in [2.24, 2.45) is 5.92 Å². The summed E-state index contributed by atoms with van der Waals surface area (Å²) in [5.74, 6) is 0.444. The quantitative estimate of drug-likeness (QED) is 0.211. The average Bonchev–Trinajstić information content (AvgIpc) is 3.44. The number of aryl methyl sites for hydroxylation is 1. The summed E-state index contributed by atoms with van der Waals surface area (Å²) in [7, 11) is 1.65. The van der Waals surface area contributed by atoms with Gasteiger partial charge in [-0.2, -0.15) is 0 Å². The number of ether oxygens (including phenoxy) is 1. The first-order valence-corrected chi connectivity index (χ1v) is 14.4. The fourth-order valence-corrected chi connectivity index (χ4v) is 6.01. The summed E-state index contributed by atoms with van der Waals surface area (Å²) < 4.78 is 7.83. The summed E-state index contributed by atoms with van der Waals surface area (Å²) in [6.45, 7) is 7.81. The maximum absolute atomic E-state index is 12.3. The lowest BCUT2D eigenvalue weighted by Gasteiger charge is -2.28. The zero-order valence-electron chi connectivity index (χ0n) is 23.4. The highest BCUT2D eigenvalue weighted by Gasteiger charge is 2.42.